The van der Waals surface area contributed by atoms with Gasteiger partial charge in [-0.25, -0.2) is 8.42 Å². The van der Waals surface area contributed by atoms with E-state index in [1.807, 2.05) is 11.8 Å². The molecule has 0 atom stereocenters. The first-order valence-corrected chi connectivity index (χ1v) is 9.48. The molecule has 6 heteroatoms. The summed E-state index contributed by atoms with van der Waals surface area (Å²) in [6, 6.07) is 4.39. The third-order valence-corrected chi connectivity index (χ3v) is 5.43. The van der Waals surface area contributed by atoms with Gasteiger partial charge in [-0.2, -0.15) is 0 Å². The van der Waals surface area contributed by atoms with Crippen molar-refractivity contribution >= 4 is 25.6 Å². The van der Waals surface area contributed by atoms with E-state index in [9.17, 15) is 13.2 Å². The Hall–Kier alpha value is -1.07. The molecule has 0 aliphatic heterocycles. The van der Waals surface area contributed by atoms with Crippen LogP contribution in [0.25, 0.3) is 0 Å². The van der Waals surface area contributed by atoms with E-state index in [1.165, 1.54) is 31.4 Å². The second-order valence-corrected chi connectivity index (χ2v) is 8.12. The molecule has 1 aromatic rings. The smallest absolute Gasteiger partial charge is 0.261 e. The molecule has 0 heterocycles. The molecule has 116 valence electrons. The largest absolute Gasteiger partial charge is 0.339 e. The number of hydrogen-bond acceptors (Lipinski definition) is 3. The van der Waals surface area contributed by atoms with Crippen LogP contribution in [-0.4, -0.2) is 32.3 Å². The Balaban J connectivity index is 2.21. The molecule has 0 N–H and O–H groups in total. The normalized spacial score (nSPS) is 15.6. The van der Waals surface area contributed by atoms with E-state index in [0.717, 1.165) is 6.54 Å². The highest BCUT2D eigenvalue weighted by atomic mass is 35.7. The maximum absolute atomic E-state index is 12.6. The molecule has 1 aliphatic rings. The van der Waals surface area contributed by atoms with Gasteiger partial charge >= 0.3 is 0 Å². The Morgan fingerprint density at radius 2 is 2.05 bits per heavy atom. The van der Waals surface area contributed by atoms with Crippen LogP contribution in [0.2, 0.25) is 0 Å². The predicted octanol–water partition coefficient (Wildman–Crippen LogP) is 3.18. The summed E-state index contributed by atoms with van der Waals surface area (Å²) >= 11 is 0. The molecule has 0 saturated heterocycles. The Morgan fingerprint density at radius 1 is 1.38 bits per heavy atom. The first-order valence-electron chi connectivity index (χ1n) is 7.17. The minimum Gasteiger partial charge on any atom is -0.339 e. The zero-order valence-corrected chi connectivity index (χ0v) is 13.9. The van der Waals surface area contributed by atoms with Gasteiger partial charge in [-0.3, -0.25) is 4.79 Å². The second-order valence-electron chi connectivity index (χ2n) is 5.56. The number of carbonyl (C=O) groups is 1. The lowest BCUT2D eigenvalue weighted by molar-refractivity contribution is 0.0705. The lowest BCUT2D eigenvalue weighted by Gasteiger charge is -2.32. The molecule has 0 bridgehead atoms. The molecule has 1 aliphatic carbocycles. The van der Waals surface area contributed by atoms with Crippen LogP contribution in [0.15, 0.2) is 23.1 Å². The molecule has 4 nitrogen and oxygen atoms in total. The fourth-order valence-electron chi connectivity index (χ4n) is 2.54. The Kier molecular flexibility index (Phi) is 4.94. The van der Waals surface area contributed by atoms with Gasteiger partial charge in [0.1, 0.15) is 0 Å². The predicted molar refractivity (Wildman–Crippen MR) is 83.1 cm³/mol. The number of hydrogen-bond donors (Lipinski definition) is 0. The maximum Gasteiger partial charge on any atom is 0.261 e. The first kappa shape index (κ1) is 16.3. The molecule has 0 unspecified atom stereocenters. The van der Waals surface area contributed by atoms with Crippen molar-refractivity contribution in [2.45, 2.75) is 38.0 Å². The summed E-state index contributed by atoms with van der Waals surface area (Å²) in [5.41, 5.74) is 1.18. The van der Waals surface area contributed by atoms with Crippen LogP contribution in [0.3, 0.4) is 0 Å². The summed E-state index contributed by atoms with van der Waals surface area (Å²) in [6.07, 6.45) is 3.62. The summed E-state index contributed by atoms with van der Waals surface area (Å²) in [5.74, 6) is 0.567. The van der Waals surface area contributed by atoms with Crippen molar-refractivity contribution in [3.63, 3.8) is 0 Å². The van der Waals surface area contributed by atoms with Gasteiger partial charge in [-0.05, 0) is 56.4 Å². The minimum atomic E-state index is -3.76. The van der Waals surface area contributed by atoms with Crippen LogP contribution < -0.4 is 0 Å². The van der Waals surface area contributed by atoms with Crippen LogP contribution in [0.5, 0.6) is 0 Å². The fourth-order valence-corrected chi connectivity index (χ4v) is 3.38. The monoisotopic (exact) mass is 329 g/mol. The molecular formula is C15H20ClNO3S. The first-order chi connectivity index (χ1) is 9.82. The van der Waals surface area contributed by atoms with Crippen LogP contribution in [0, 0.1) is 12.8 Å². The van der Waals surface area contributed by atoms with Crippen LogP contribution in [-0.2, 0) is 9.05 Å². The number of nitrogens with zero attached hydrogens (tertiary/aromatic N) is 1. The van der Waals surface area contributed by atoms with E-state index >= 15 is 0 Å². The van der Waals surface area contributed by atoms with E-state index < -0.39 is 9.05 Å². The Bertz CT molecular complexity index is 638. The Morgan fingerprint density at radius 3 is 2.48 bits per heavy atom. The highest BCUT2D eigenvalue weighted by Gasteiger charge is 2.24. The van der Waals surface area contributed by atoms with E-state index in [1.54, 1.807) is 13.0 Å². The lowest BCUT2D eigenvalue weighted by atomic mass is 9.85. The molecule has 0 radical (unpaired) electrons. The molecule has 1 amide bonds. The topological polar surface area (TPSA) is 54.5 Å². The third kappa shape index (κ3) is 3.77. The second kappa shape index (κ2) is 6.36. The van der Waals surface area contributed by atoms with Crippen molar-refractivity contribution in [2.75, 3.05) is 13.1 Å². The summed E-state index contributed by atoms with van der Waals surface area (Å²) < 4.78 is 22.6. The van der Waals surface area contributed by atoms with Gasteiger partial charge in [0.05, 0.1) is 4.90 Å². The van der Waals surface area contributed by atoms with Gasteiger partial charge in [-0.1, -0.05) is 6.42 Å². The summed E-state index contributed by atoms with van der Waals surface area (Å²) in [4.78, 5) is 14.4. The van der Waals surface area contributed by atoms with Gasteiger partial charge in [0.25, 0.3) is 15.0 Å². The molecule has 1 fully saturated rings. The number of halogens is 1. The van der Waals surface area contributed by atoms with Crippen LogP contribution >= 0.6 is 10.7 Å². The van der Waals surface area contributed by atoms with Gasteiger partial charge in [-0.15, -0.1) is 0 Å². The molecule has 21 heavy (non-hydrogen) atoms. The standard InChI is InChI=1S/C15H20ClNO3S/c1-3-17(10-12-5-4-6-12)15(18)14-8-7-13(9-11(14)2)21(16,19)20/h7-9,12H,3-6,10H2,1-2H3. The Labute approximate surface area is 130 Å². The number of rotatable bonds is 5. The van der Waals surface area contributed by atoms with Crippen molar-refractivity contribution in [3.05, 3.63) is 29.3 Å². The SMILES string of the molecule is CCN(CC1CCC1)C(=O)c1ccc(S(=O)(=O)Cl)cc1C. The quantitative estimate of drug-likeness (QED) is 0.779. The highest BCUT2D eigenvalue weighted by Crippen LogP contribution is 2.28. The molecule has 0 aromatic heterocycles. The van der Waals surface area contributed by atoms with Crippen LogP contribution in [0.1, 0.15) is 42.1 Å². The van der Waals surface area contributed by atoms with Crippen molar-refractivity contribution in [2.24, 2.45) is 5.92 Å². The van der Waals surface area contributed by atoms with E-state index in [2.05, 4.69) is 0 Å². The summed E-state index contributed by atoms with van der Waals surface area (Å²) in [7, 11) is 1.56. The lowest BCUT2D eigenvalue weighted by Crippen LogP contribution is -2.37. The summed E-state index contributed by atoms with van der Waals surface area (Å²) in [6.45, 7) is 5.13. The van der Waals surface area contributed by atoms with Gasteiger partial charge < -0.3 is 4.90 Å². The molecule has 0 spiro atoms. The zero-order chi connectivity index (χ0) is 15.6. The average Bonchev–Trinajstić information content (AvgIpc) is 2.36. The molecule has 1 aromatic carbocycles. The number of benzene rings is 1. The molecule has 1 saturated carbocycles. The fraction of sp³-hybridized carbons (Fsp3) is 0.533. The molecular weight excluding hydrogens is 310 g/mol. The van der Waals surface area contributed by atoms with Crippen molar-refractivity contribution in [1.29, 1.82) is 0 Å². The van der Waals surface area contributed by atoms with Crippen molar-refractivity contribution in [1.82, 2.24) is 4.90 Å². The summed E-state index contributed by atoms with van der Waals surface area (Å²) in [5, 5.41) is 0. The number of aryl methyl sites for hydroxylation is 1. The van der Waals surface area contributed by atoms with Gasteiger partial charge in [0, 0.05) is 29.3 Å². The highest BCUT2D eigenvalue weighted by molar-refractivity contribution is 8.13. The van der Waals surface area contributed by atoms with Crippen LogP contribution in [0.4, 0.5) is 0 Å². The van der Waals surface area contributed by atoms with Crippen molar-refractivity contribution < 1.29 is 13.2 Å². The van der Waals surface area contributed by atoms with Gasteiger partial charge in [0.15, 0.2) is 0 Å². The molecule has 2 rings (SSSR count). The van der Waals surface area contributed by atoms with Crippen molar-refractivity contribution in [3.8, 4) is 0 Å². The number of amides is 1. The minimum absolute atomic E-state index is 0.0280. The maximum atomic E-state index is 12.6. The van der Waals surface area contributed by atoms with Gasteiger partial charge in [0.2, 0.25) is 0 Å². The van der Waals surface area contributed by atoms with E-state index in [-0.39, 0.29) is 10.8 Å². The van der Waals surface area contributed by atoms with E-state index in [4.69, 9.17) is 10.7 Å². The third-order valence-electron chi connectivity index (χ3n) is 4.08. The van der Waals surface area contributed by atoms with E-state index in [0.29, 0.717) is 23.6 Å². The zero-order valence-electron chi connectivity index (χ0n) is 12.3. The average molecular weight is 330 g/mol. The number of carbonyl (C=O) groups excluding carboxylic acids is 1.